The first-order valence-corrected chi connectivity index (χ1v) is 10.8. The number of benzene rings is 2. The molecule has 0 radical (unpaired) electrons. The standard InChI is InChI=1S/C24H32N4O2/c1-19(2)28(21-13-7-4-8-14-21)23(29)18-27-16-10-9-15-22(27)17-25-24(30)26-20-11-5-3-6-12-20/h3-8,11-14,19,22H,9-10,15-18H2,1-2H3,(H2,25,26,30). The summed E-state index contributed by atoms with van der Waals surface area (Å²) in [6, 6.07) is 19.2. The fourth-order valence-corrected chi connectivity index (χ4v) is 3.98. The summed E-state index contributed by atoms with van der Waals surface area (Å²) in [5.41, 5.74) is 1.69. The van der Waals surface area contributed by atoms with Crippen molar-refractivity contribution in [1.29, 1.82) is 0 Å². The Bertz CT molecular complexity index is 810. The minimum absolute atomic E-state index is 0.0814. The van der Waals surface area contributed by atoms with Crippen molar-refractivity contribution in [3.8, 4) is 0 Å². The maximum atomic E-state index is 13.2. The third-order valence-electron chi connectivity index (χ3n) is 5.44. The average molecular weight is 409 g/mol. The second-order valence-electron chi connectivity index (χ2n) is 8.01. The smallest absolute Gasteiger partial charge is 0.319 e. The Morgan fingerprint density at radius 1 is 1.03 bits per heavy atom. The maximum absolute atomic E-state index is 13.2. The first kappa shape index (κ1) is 21.8. The van der Waals surface area contributed by atoms with Crippen molar-refractivity contribution in [2.45, 2.75) is 45.2 Å². The van der Waals surface area contributed by atoms with Crippen LogP contribution in [-0.4, -0.2) is 48.6 Å². The van der Waals surface area contributed by atoms with Crippen LogP contribution < -0.4 is 15.5 Å². The zero-order chi connectivity index (χ0) is 21.3. The van der Waals surface area contributed by atoms with Gasteiger partial charge in [0, 0.05) is 30.0 Å². The van der Waals surface area contributed by atoms with E-state index in [2.05, 4.69) is 15.5 Å². The number of rotatable bonds is 7. The molecule has 160 valence electrons. The Kier molecular flexibility index (Phi) is 7.85. The van der Waals surface area contributed by atoms with E-state index in [1.807, 2.05) is 79.4 Å². The molecule has 2 aromatic carbocycles. The molecule has 2 N–H and O–H groups in total. The molecule has 0 aromatic heterocycles. The van der Waals surface area contributed by atoms with Gasteiger partial charge in [-0.15, -0.1) is 0 Å². The molecule has 3 amide bonds. The number of anilines is 2. The van der Waals surface area contributed by atoms with Crippen molar-refractivity contribution in [2.24, 2.45) is 0 Å². The Morgan fingerprint density at radius 2 is 1.70 bits per heavy atom. The van der Waals surface area contributed by atoms with Crippen molar-refractivity contribution in [1.82, 2.24) is 10.2 Å². The van der Waals surface area contributed by atoms with Gasteiger partial charge in [0.05, 0.1) is 6.54 Å². The lowest BCUT2D eigenvalue weighted by Crippen LogP contribution is -2.52. The molecule has 0 spiro atoms. The van der Waals surface area contributed by atoms with Crippen LogP contribution >= 0.6 is 0 Å². The van der Waals surface area contributed by atoms with Crippen molar-refractivity contribution < 1.29 is 9.59 Å². The molecule has 1 saturated heterocycles. The van der Waals surface area contributed by atoms with Gasteiger partial charge in [-0.25, -0.2) is 4.79 Å². The van der Waals surface area contributed by atoms with E-state index in [1.165, 1.54) is 0 Å². The number of urea groups is 1. The van der Waals surface area contributed by atoms with Crippen LogP contribution in [0, 0.1) is 0 Å². The van der Waals surface area contributed by atoms with E-state index >= 15 is 0 Å². The van der Waals surface area contributed by atoms with Crippen molar-refractivity contribution in [2.75, 3.05) is 29.9 Å². The van der Waals surface area contributed by atoms with Crippen LogP contribution in [0.5, 0.6) is 0 Å². The van der Waals surface area contributed by atoms with Gasteiger partial charge in [-0.05, 0) is 57.5 Å². The predicted octanol–water partition coefficient (Wildman–Crippen LogP) is 4.10. The number of hydrogen-bond acceptors (Lipinski definition) is 3. The van der Waals surface area contributed by atoms with E-state index in [0.29, 0.717) is 13.1 Å². The lowest BCUT2D eigenvalue weighted by atomic mass is 10.0. The fraction of sp³-hybridized carbons (Fsp3) is 0.417. The minimum atomic E-state index is -0.217. The van der Waals surface area contributed by atoms with E-state index in [-0.39, 0.29) is 24.0 Å². The quantitative estimate of drug-likeness (QED) is 0.725. The van der Waals surface area contributed by atoms with E-state index in [9.17, 15) is 9.59 Å². The topological polar surface area (TPSA) is 64.7 Å². The van der Waals surface area contributed by atoms with Crippen LogP contribution in [0.2, 0.25) is 0 Å². The van der Waals surface area contributed by atoms with E-state index in [0.717, 1.165) is 37.2 Å². The van der Waals surface area contributed by atoms with Gasteiger partial charge in [-0.2, -0.15) is 0 Å². The third-order valence-corrected chi connectivity index (χ3v) is 5.44. The normalized spacial score (nSPS) is 16.8. The SMILES string of the molecule is CC(C)N(C(=O)CN1CCCCC1CNC(=O)Nc1ccccc1)c1ccccc1. The largest absolute Gasteiger partial charge is 0.336 e. The van der Waals surface area contributed by atoms with Crippen molar-refractivity contribution >= 4 is 23.3 Å². The predicted molar refractivity (Wildman–Crippen MR) is 122 cm³/mol. The number of nitrogens with zero attached hydrogens (tertiary/aromatic N) is 2. The lowest BCUT2D eigenvalue weighted by molar-refractivity contribution is -0.121. The first-order chi connectivity index (χ1) is 14.5. The van der Waals surface area contributed by atoms with Crippen LogP contribution in [-0.2, 0) is 4.79 Å². The molecule has 0 saturated carbocycles. The Labute approximate surface area is 179 Å². The Balaban J connectivity index is 1.58. The summed E-state index contributed by atoms with van der Waals surface area (Å²) < 4.78 is 0. The molecule has 1 fully saturated rings. The number of likely N-dealkylation sites (tertiary alicyclic amines) is 1. The summed E-state index contributed by atoms with van der Waals surface area (Å²) in [5, 5.41) is 5.82. The lowest BCUT2D eigenvalue weighted by Gasteiger charge is -2.37. The molecule has 3 rings (SSSR count). The average Bonchev–Trinajstić information content (AvgIpc) is 2.74. The van der Waals surface area contributed by atoms with E-state index in [4.69, 9.17) is 0 Å². The first-order valence-electron chi connectivity index (χ1n) is 10.8. The molecular formula is C24H32N4O2. The van der Waals surface area contributed by atoms with Gasteiger partial charge in [0.15, 0.2) is 0 Å². The third kappa shape index (κ3) is 6.07. The zero-order valence-electron chi connectivity index (χ0n) is 17.9. The number of hydrogen-bond donors (Lipinski definition) is 2. The fourth-order valence-electron chi connectivity index (χ4n) is 3.98. The van der Waals surface area contributed by atoms with Crippen LogP contribution in [0.25, 0.3) is 0 Å². The number of para-hydroxylation sites is 2. The highest BCUT2D eigenvalue weighted by atomic mass is 16.2. The highest BCUT2D eigenvalue weighted by Gasteiger charge is 2.28. The summed E-state index contributed by atoms with van der Waals surface area (Å²) >= 11 is 0. The number of piperidine rings is 1. The molecule has 1 aliphatic heterocycles. The summed E-state index contributed by atoms with van der Waals surface area (Å²) in [6.07, 6.45) is 3.17. The molecule has 0 aliphatic carbocycles. The van der Waals surface area contributed by atoms with Crippen LogP contribution in [0.4, 0.5) is 16.2 Å². The van der Waals surface area contributed by atoms with Gasteiger partial charge in [0.25, 0.3) is 0 Å². The number of carbonyl (C=O) groups is 2. The molecule has 1 aliphatic rings. The molecule has 6 nitrogen and oxygen atoms in total. The molecule has 1 unspecified atom stereocenters. The second-order valence-corrected chi connectivity index (χ2v) is 8.01. The molecule has 2 aromatic rings. The zero-order valence-corrected chi connectivity index (χ0v) is 17.9. The van der Waals surface area contributed by atoms with E-state index in [1.54, 1.807) is 0 Å². The highest BCUT2D eigenvalue weighted by molar-refractivity contribution is 5.95. The van der Waals surface area contributed by atoms with Crippen molar-refractivity contribution in [3.63, 3.8) is 0 Å². The summed E-state index contributed by atoms with van der Waals surface area (Å²) in [5.74, 6) is 0.0943. The van der Waals surface area contributed by atoms with Gasteiger partial charge in [-0.1, -0.05) is 42.8 Å². The van der Waals surface area contributed by atoms with E-state index < -0.39 is 0 Å². The molecule has 1 heterocycles. The minimum Gasteiger partial charge on any atom is -0.336 e. The second kappa shape index (κ2) is 10.8. The molecule has 0 bridgehead atoms. The van der Waals surface area contributed by atoms with Gasteiger partial charge < -0.3 is 15.5 Å². The summed E-state index contributed by atoms with van der Waals surface area (Å²) in [7, 11) is 0. The van der Waals surface area contributed by atoms with Gasteiger partial charge in [0.1, 0.15) is 0 Å². The molecule has 30 heavy (non-hydrogen) atoms. The van der Waals surface area contributed by atoms with Crippen LogP contribution in [0.15, 0.2) is 60.7 Å². The highest BCUT2D eigenvalue weighted by Crippen LogP contribution is 2.20. The van der Waals surface area contributed by atoms with Crippen LogP contribution in [0.1, 0.15) is 33.1 Å². The molecule has 6 heteroatoms. The molecular weight excluding hydrogens is 376 g/mol. The van der Waals surface area contributed by atoms with Gasteiger partial charge in [0.2, 0.25) is 5.91 Å². The Hall–Kier alpha value is -2.86. The van der Waals surface area contributed by atoms with Crippen molar-refractivity contribution in [3.05, 3.63) is 60.7 Å². The summed E-state index contributed by atoms with van der Waals surface area (Å²) in [6.45, 7) is 5.83. The number of amides is 3. The molecule has 1 atom stereocenters. The monoisotopic (exact) mass is 408 g/mol. The van der Waals surface area contributed by atoms with Gasteiger partial charge in [-0.3, -0.25) is 9.69 Å². The Morgan fingerprint density at radius 3 is 2.37 bits per heavy atom. The number of nitrogens with one attached hydrogen (secondary N) is 2. The number of carbonyl (C=O) groups excluding carboxylic acids is 2. The van der Waals surface area contributed by atoms with Crippen LogP contribution in [0.3, 0.4) is 0 Å². The summed E-state index contributed by atoms with van der Waals surface area (Å²) in [4.78, 5) is 29.5. The van der Waals surface area contributed by atoms with Gasteiger partial charge >= 0.3 is 6.03 Å². The maximum Gasteiger partial charge on any atom is 0.319 e.